The second-order valence-corrected chi connectivity index (χ2v) is 4.86. The predicted molar refractivity (Wildman–Crippen MR) is 60.4 cm³/mol. The van der Waals surface area contributed by atoms with Crippen molar-refractivity contribution in [2.24, 2.45) is 5.41 Å². The first-order chi connectivity index (χ1) is 6.71. The third-order valence-electron chi connectivity index (χ3n) is 2.56. The molecule has 2 nitrogen and oxygen atoms in total. The number of rotatable bonds is 7. The Bertz CT molecular complexity index is 219. The average Bonchev–Trinajstić information content (AvgIpc) is 2.92. The number of aliphatic carboxylic acids is 1. The number of hydrogen-bond acceptors (Lipinski definition) is 2. The number of carbonyl (C=O) groups is 1. The molecule has 14 heavy (non-hydrogen) atoms. The van der Waals surface area contributed by atoms with E-state index >= 15 is 0 Å². The smallest absolute Gasteiger partial charge is 0.313 e. The first kappa shape index (κ1) is 11.6. The lowest BCUT2D eigenvalue weighted by Crippen LogP contribution is -2.10. The van der Waals surface area contributed by atoms with Crippen molar-refractivity contribution in [3.05, 3.63) is 11.5 Å². The lowest BCUT2D eigenvalue weighted by atomic mass is 10.1. The van der Waals surface area contributed by atoms with Gasteiger partial charge in [0.15, 0.2) is 0 Å². The van der Waals surface area contributed by atoms with Gasteiger partial charge in [-0.2, -0.15) is 0 Å². The summed E-state index contributed by atoms with van der Waals surface area (Å²) in [5.41, 5.74) is -0.488. The molecule has 0 heterocycles. The van der Waals surface area contributed by atoms with Crippen molar-refractivity contribution in [3.63, 3.8) is 0 Å². The van der Waals surface area contributed by atoms with Gasteiger partial charge in [-0.05, 0) is 30.4 Å². The largest absolute Gasteiger partial charge is 0.481 e. The van der Waals surface area contributed by atoms with Crippen LogP contribution in [0.4, 0.5) is 0 Å². The normalized spacial score (nSPS) is 18.6. The molecule has 3 heteroatoms. The summed E-state index contributed by atoms with van der Waals surface area (Å²) in [5, 5.41) is 10.9. The van der Waals surface area contributed by atoms with E-state index in [9.17, 15) is 4.79 Å². The summed E-state index contributed by atoms with van der Waals surface area (Å²) in [6.45, 7) is 2.18. The number of carboxylic acids is 1. The van der Waals surface area contributed by atoms with Gasteiger partial charge in [-0.1, -0.05) is 25.8 Å². The van der Waals surface area contributed by atoms with Crippen molar-refractivity contribution in [2.75, 3.05) is 5.75 Å². The third-order valence-corrected chi connectivity index (χ3v) is 3.42. The molecular formula is C11H18O2S. The van der Waals surface area contributed by atoms with Crippen molar-refractivity contribution in [1.29, 1.82) is 0 Å². The monoisotopic (exact) mass is 214 g/mol. The minimum Gasteiger partial charge on any atom is -0.481 e. The van der Waals surface area contributed by atoms with E-state index in [4.69, 9.17) is 5.11 Å². The van der Waals surface area contributed by atoms with Gasteiger partial charge in [-0.25, -0.2) is 0 Å². The maximum atomic E-state index is 10.8. The van der Waals surface area contributed by atoms with E-state index < -0.39 is 11.4 Å². The van der Waals surface area contributed by atoms with Crippen molar-refractivity contribution in [1.82, 2.24) is 0 Å². The molecule has 0 aromatic heterocycles. The minimum atomic E-state index is -0.664. The van der Waals surface area contributed by atoms with Crippen LogP contribution in [0.2, 0.25) is 0 Å². The van der Waals surface area contributed by atoms with Crippen LogP contribution in [0.15, 0.2) is 11.5 Å². The average molecular weight is 214 g/mol. The summed E-state index contributed by atoms with van der Waals surface area (Å²) < 4.78 is 0. The number of thioether (sulfide) groups is 1. The van der Waals surface area contributed by atoms with Crippen LogP contribution in [0.5, 0.6) is 0 Å². The fourth-order valence-corrected chi connectivity index (χ4v) is 2.13. The molecule has 0 saturated heterocycles. The molecule has 0 aliphatic heterocycles. The van der Waals surface area contributed by atoms with E-state index in [0.29, 0.717) is 0 Å². The summed E-state index contributed by atoms with van der Waals surface area (Å²) in [7, 11) is 0. The molecule has 0 aromatic rings. The lowest BCUT2D eigenvalue weighted by Gasteiger charge is -2.01. The molecule has 0 unspecified atom stereocenters. The Morgan fingerprint density at radius 1 is 1.50 bits per heavy atom. The van der Waals surface area contributed by atoms with Gasteiger partial charge in [0.1, 0.15) is 0 Å². The Balaban J connectivity index is 2.12. The Morgan fingerprint density at radius 3 is 2.71 bits per heavy atom. The van der Waals surface area contributed by atoms with Gasteiger partial charge in [-0.3, -0.25) is 4.79 Å². The fraction of sp³-hybridized carbons (Fsp3) is 0.727. The maximum absolute atomic E-state index is 10.8. The molecule has 1 N–H and O–H groups in total. The van der Waals surface area contributed by atoms with E-state index in [1.165, 1.54) is 19.3 Å². The van der Waals surface area contributed by atoms with Gasteiger partial charge in [0.05, 0.1) is 5.41 Å². The maximum Gasteiger partial charge on any atom is 0.313 e. The Kier molecular flexibility index (Phi) is 4.52. The molecule has 1 saturated carbocycles. The first-order valence-electron chi connectivity index (χ1n) is 5.24. The Morgan fingerprint density at radius 2 is 2.21 bits per heavy atom. The Labute approximate surface area is 89.8 Å². The van der Waals surface area contributed by atoms with Gasteiger partial charge >= 0.3 is 5.97 Å². The van der Waals surface area contributed by atoms with Gasteiger partial charge < -0.3 is 5.11 Å². The topological polar surface area (TPSA) is 37.3 Å². The number of unbranched alkanes of at least 4 members (excludes halogenated alkanes) is 2. The molecule has 1 fully saturated rings. The molecule has 0 atom stereocenters. The highest BCUT2D eigenvalue weighted by molar-refractivity contribution is 8.02. The van der Waals surface area contributed by atoms with Crippen LogP contribution in [0.25, 0.3) is 0 Å². The van der Waals surface area contributed by atoms with Crippen LogP contribution in [0.3, 0.4) is 0 Å². The second-order valence-electron chi connectivity index (χ2n) is 3.84. The van der Waals surface area contributed by atoms with Crippen LogP contribution in [-0.4, -0.2) is 16.8 Å². The van der Waals surface area contributed by atoms with Gasteiger partial charge in [0.25, 0.3) is 0 Å². The molecule has 1 rings (SSSR count). The third kappa shape index (κ3) is 3.37. The molecule has 0 amide bonds. The standard InChI is InChI=1S/C11H18O2S/c1-2-3-4-8-14-9-7-11(5-6-11)10(12)13/h7,9H,2-6,8H2,1H3,(H,12,13). The molecule has 0 bridgehead atoms. The van der Waals surface area contributed by atoms with Crippen molar-refractivity contribution in [3.8, 4) is 0 Å². The molecule has 1 aliphatic carbocycles. The van der Waals surface area contributed by atoms with E-state index in [2.05, 4.69) is 6.92 Å². The van der Waals surface area contributed by atoms with Crippen molar-refractivity contribution in [2.45, 2.75) is 39.0 Å². The molecular weight excluding hydrogens is 196 g/mol. The second kappa shape index (κ2) is 5.44. The zero-order valence-electron chi connectivity index (χ0n) is 8.66. The molecule has 0 aromatic carbocycles. The first-order valence-corrected chi connectivity index (χ1v) is 6.29. The van der Waals surface area contributed by atoms with E-state index in [0.717, 1.165) is 18.6 Å². The van der Waals surface area contributed by atoms with E-state index in [-0.39, 0.29) is 0 Å². The summed E-state index contributed by atoms with van der Waals surface area (Å²) >= 11 is 1.73. The van der Waals surface area contributed by atoms with Crippen LogP contribution in [0, 0.1) is 5.41 Å². The highest BCUT2D eigenvalue weighted by Gasteiger charge is 2.47. The summed E-state index contributed by atoms with van der Waals surface area (Å²) in [5.74, 6) is 0.447. The van der Waals surface area contributed by atoms with Crippen LogP contribution in [-0.2, 0) is 4.79 Å². The summed E-state index contributed by atoms with van der Waals surface area (Å²) in [6, 6.07) is 0. The quantitative estimate of drug-likeness (QED) is 0.661. The number of hydrogen-bond donors (Lipinski definition) is 1. The zero-order valence-corrected chi connectivity index (χ0v) is 9.48. The fourth-order valence-electron chi connectivity index (χ4n) is 1.27. The summed E-state index contributed by atoms with van der Waals surface area (Å²) in [4.78, 5) is 10.8. The number of carboxylic acid groups (broad SMARTS) is 1. The van der Waals surface area contributed by atoms with Gasteiger partial charge in [0.2, 0.25) is 0 Å². The van der Waals surface area contributed by atoms with Crippen molar-refractivity contribution >= 4 is 17.7 Å². The highest BCUT2D eigenvalue weighted by Crippen LogP contribution is 2.47. The molecule has 0 spiro atoms. The summed E-state index contributed by atoms with van der Waals surface area (Å²) in [6.07, 6.45) is 7.23. The Hall–Kier alpha value is -0.440. The zero-order chi connectivity index (χ0) is 10.4. The van der Waals surface area contributed by atoms with Crippen molar-refractivity contribution < 1.29 is 9.90 Å². The predicted octanol–water partition coefficient (Wildman–Crippen LogP) is 3.29. The van der Waals surface area contributed by atoms with Crippen LogP contribution >= 0.6 is 11.8 Å². The molecule has 1 aliphatic rings. The minimum absolute atomic E-state index is 0.488. The lowest BCUT2D eigenvalue weighted by molar-refractivity contribution is -0.141. The van der Waals surface area contributed by atoms with Gasteiger partial charge in [0, 0.05) is 0 Å². The highest BCUT2D eigenvalue weighted by atomic mass is 32.2. The van der Waals surface area contributed by atoms with Gasteiger partial charge in [-0.15, -0.1) is 11.8 Å². The van der Waals surface area contributed by atoms with E-state index in [1.54, 1.807) is 11.8 Å². The van der Waals surface area contributed by atoms with E-state index in [1.807, 2.05) is 11.5 Å². The SMILES string of the molecule is CCCCCSC=CC1(C(=O)O)CC1. The molecule has 80 valence electrons. The molecule has 0 radical (unpaired) electrons. The van der Waals surface area contributed by atoms with Crippen LogP contribution < -0.4 is 0 Å². The van der Waals surface area contributed by atoms with Crippen LogP contribution in [0.1, 0.15) is 39.0 Å².